The van der Waals surface area contributed by atoms with Gasteiger partial charge in [0.15, 0.2) is 5.82 Å². The Morgan fingerprint density at radius 2 is 2.13 bits per heavy atom. The molecular formula is C9H6BrF3N2. The summed E-state index contributed by atoms with van der Waals surface area (Å²) in [5.74, 6) is -0.221. The summed E-state index contributed by atoms with van der Waals surface area (Å²) in [6.45, 7) is 0. The highest BCUT2D eigenvalue weighted by atomic mass is 79.9. The predicted octanol–water partition coefficient (Wildman–Crippen LogP) is 3.53. The number of aromatic nitrogens is 2. The van der Waals surface area contributed by atoms with Gasteiger partial charge in [-0.1, -0.05) is 15.9 Å². The molecule has 0 aliphatic heterocycles. The first-order valence-corrected chi connectivity index (χ1v) is 5.26. The molecule has 6 heteroatoms. The van der Waals surface area contributed by atoms with Crippen molar-refractivity contribution in [3.05, 3.63) is 29.3 Å². The Kier molecular flexibility index (Phi) is 2.68. The fourth-order valence-corrected chi connectivity index (χ4v) is 1.60. The second kappa shape index (κ2) is 3.84. The third-order valence-corrected chi connectivity index (χ3v) is 2.52. The van der Waals surface area contributed by atoms with E-state index < -0.39 is 12.2 Å². The Hall–Kier alpha value is -1.04. The summed E-state index contributed by atoms with van der Waals surface area (Å²) < 4.78 is 38.0. The zero-order valence-corrected chi connectivity index (χ0v) is 8.98. The summed E-state index contributed by atoms with van der Waals surface area (Å²) in [6.07, 6.45) is -2.68. The minimum absolute atomic E-state index is 0.0915. The average molecular weight is 279 g/mol. The highest BCUT2D eigenvalue weighted by Crippen LogP contribution is 2.25. The standard InChI is InChI=1S/C9H6BrF3N2/c10-3-7-14-6-2-4(9(12)13)1-5(11)8(6)15-7/h1-2,9H,3H2,(H,14,15). The van der Waals surface area contributed by atoms with Gasteiger partial charge in [-0.3, -0.25) is 0 Å². The van der Waals surface area contributed by atoms with Crippen LogP contribution in [0.4, 0.5) is 13.2 Å². The van der Waals surface area contributed by atoms with Crippen LogP contribution in [0.3, 0.4) is 0 Å². The Morgan fingerprint density at radius 3 is 2.73 bits per heavy atom. The lowest BCUT2D eigenvalue weighted by molar-refractivity contribution is 0.151. The number of nitrogens with one attached hydrogen (secondary N) is 1. The molecule has 0 aliphatic carbocycles. The van der Waals surface area contributed by atoms with E-state index in [0.717, 1.165) is 6.07 Å². The lowest BCUT2D eigenvalue weighted by atomic mass is 10.2. The third kappa shape index (κ3) is 1.86. The van der Waals surface area contributed by atoms with Crippen LogP contribution in [0, 0.1) is 5.82 Å². The highest BCUT2D eigenvalue weighted by molar-refractivity contribution is 9.08. The van der Waals surface area contributed by atoms with Gasteiger partial charge in [0.25, 0.3) is 6.43 Å². The van der Waals surface area contributed by atoms with Crippen molar-refractivity contribution in [3.63, 3.8) is 0 Å². The Labute approximate surface area is 91.6 Å². The van der Waals surface area contributed by atoms with Crippen molar-refractivity contribution in [1.82, 2.24) is 9.97 Å². The van der Waals surface area contributed by atoms with Crippen LogP contribution in [-0.2, 0) is 5.33 Å². The smallest absolute Gasteiger partial charge is 0.264 e. The van der Waals surface area contributed by atoms with E-state index in [-0.39, 0.29) is 11.1 Å². The molecule has 0 aliphatic rings. The number of alkyl halides is 3. The molecule has 0 fully saturated rings. The number of hydrogen-bond donors (Lipinski definition) is 1. The van der Waals surface area contributed by atoms with Crippen molar-refractivity contribution in [2.24, 2.45) is 0 Å². The molecule has 0 spiro atoms. The quantitative estimate of drug-likeness (QED) is 0.837. The summed E-state index contributed by atoms with van der Waals surface area (Å²) >= 11 is 3.14. The first-order chi connectivity index (χ1) is 7.11. The highest BCUT2D eigenvalue weighted by Gasteiger charge is 2.14. The first-order valence-electron chi connectivity index (χ1n) is 4.14. The molecular weight excluding hydrogens is 273 g/mol. The number of fused-ring (bicyclic) bond motifs is 1. The molecule has 0 amide bonds. The first kappa shape index (κ1) is 10.5. The molecule has 0 unspecified atom stereocenters. The second-order valence-electron chi connectivity index (χ2n) is 3.02. The van der Waals surface area contributed by atoms with Crippen molar-refractivity contribution in [3.8, 4) is 0 Å². The van der Waals surface area contributed by atoms with E-state index in [1.807, 2.05) is 0 Å². The maximum atomic E-state index is 13.3. The molecule has 80 valence electrons. The van der Waals surface area contributed by atoms with Crippen molar-refractivity contribution >= 4 is 27.0 Å². The summed E-state index contributed by atoms with van der Waals surface area (Å²) in [5, 5.41) is 0.422. The van der Waals surface area contributed by atoms with Gasteiger partial charge in [-0.25, -0.2) is 18.2 Å². The van der Waals surface area contributed by atoms with Gasteiger partial charge in [0.05, 0.1) is 10.8 Å². The molecule has 15 heavy (non-hydrogen) atoms. The van der Waals surface area contributed by atoms with E-state index in [0.29, 0.717) is 16.7 Å². The molecule has 2 nitrogen and oxygen atoms in total. The molecule has 0 bridgehead atoms. The number of H-pyrrole nitrogens is 1. The minimum atomic E-state index is -2.68. The van der Waals surface area contributed by atoms with Crippen molar-refractivity contribution in [2.75, 3.05) is 0 Å². The van der Waals surface area contributed by atoms with Crippen LogP contribution in [-0.4, -0.2) is 9.97 Å². The summed E-state index contributed by atoms with van der Waals surface area (Å²) in [6, 6.07) is 2.02. The number of nitrogens with zero attached hydrogens (tertiary/aromatic N) is 1. The van der Waals surface area contributed by atoms with Gasteiger partial charge in [0.2, 0.25) is 0 Å². The zero-order chi connectivity index (χ0) is 11.0. The predicted molar refractivity (Wildman–Crippen MR) is 53.6 cm³/mol. The fourth-order valence-electron chi connectivity index (χ4n) is 1.34. The molecule has 1 N–H and O–H groups in total. The number of hydrogen-bond acceptors (Lipinski definition) is 1. The Morgan fingerprint density at radius 1 is 1.40 bits per heavy atom. The summed E-state index contributed by atoms with van der Waals surface area (Å²) in [4.78, 5) is 6.66. The van der Waals surface area contributed by atoms with E-state index in [2.05, 4.69) is 25.9 Å². The summed E-state index contributed by atoms with van der Waals surface area (Å²) in [7, 11) is 0. The maximum Gasteiger partial charge on any atom is 0.264 e. The largest absolute Gasteiger partial charge is 0.341 e. The second-order valence-corrected chi connectivity index (χ2v) is 3.58. The third-order valence-electron chi connectivity index (χ3n) is 1.99. The average Bonchev–Trinajstić information content (AvgIpc) is 2.61. The zero-order valence-electron chi connectivity index (χ0n) is 7.40. The molecule has 0 saturated heterocycles. The van der Waals surface area contributed by atoms with Crippen molar-refractivity contribution < 1.29 is 13.2 Å². The van der Waals surface area contributed by atoms with Crippen LogP contribution >= 0.6 is 15.9 Å². The van der Waals surface area contributed by atoms with Crippen LogP contribution < -0.4 is 0 Å². The van der Waals surface area contributed by atoms with Gasteiger partial charge in [-0.15, -0.1) is 0 Å². The normalized spacial score (nSPS) is 11.5. The number of imidazole rings is 1. The SMILES string of the molecule is Fc1cc(C(F)F)cc2[nH]c(CBr)nc12. The molecule has 0 saturated carbocycles. The number of rotatable bonds is 2. The lowest BCUT2D eigenvalue weighted by Gasteiger charge is -1.99. The molecule has 0 radical (unpaired) electrons. The molecule has 1 aromatic carbocycles. The number of halogens is 4. The number of benzene rings is 1. The maximum absolute atomic E-state index is 13.3. The van der Waals surface area contributed by atoms with E-state index in [9.17, 15) is 13.2 Å². The van der Waals surface area contributed by atoms with Gasteiger partial charge in [-0.05, 0) is 12.1 Å². The van der Waals surface area contributed by atoms with E-state index in [4.69, 9.17) is 0 Å². The Bertz CT molecular complexity index is 495. The number of aromatic amines is 1. The van der Waals surface area contributed by atoms with Crippen molar-refractivity contribution in [2.45, 2.75) is 11.8 Å². The van der Waals surface area contributed by atoms with Crippen LogP contribution in [0.5, 0.6) is 0 Å². The minimum Gasteiger partial charge on any atom is -0.341 e. The molecule has 2 rings (SSSR count). The fraction of sp³-hybridized carbons (Fsp3) is 0.222. The van der Waals surface area contributed by atoms with E-state index in [1.54, 1.807) is 0 Å². The van der Waals surface area contributed by atoms with Crippen LogP contribution in [0.25, 0.3) is 11.0 Å². The van der Waals surface area contributed by atoms with Crippen LogP contribution in [0.2, 0.25) is 0 Å². The van der Waals surface area contributed by atoms with Gasteiger partial charge in [-0.2, -0.15) is 0 Å². The lowest BCUT2D eigenvalue weighted by Crippen LogP contribution is -1.87. The topological polar surface area (TPSA) is 28.7 Å². The van der Waals surface area contributed by atoms with Gasteiger partial charge in [0, 0.05) is 5.56 Å². The van der Waals surface area contributed by atoms with Crippen LogP contribution in [0.15, 0.2) is 12.1 Å². The van der Waals surface area contributed by atoms with E-state index >= 15 is 0 Å². The molecule has 1 heterocycles. The molecule has 2 aromatic rings. The van der Waals surface area contributed by atoms with Crippen LogP contribution in [0.1, 0.15) is 17.8 Å². The van der Waals surface area contributed by atoms with E-state index in [1.165, 1.54) is 6.07 Å². The van der Waals surface area contributed by atoms with Crippen molar-refractivity contribution in [1.29, 1.82) is 0 Å². The summed E-state index contributed by atoms with van der Waals surface area (Å²) in [5.41, 5.74) is 0.0402. The van der Waals surface area contributed by atoms with Gasteiger partial charge in [0.1, 0.15) is 11.3 Å². The molecule has 1 aromatic heterocycles. The molecule has 0 atom stereocenters. The monoisotopic (exact) mass is 278 g/mol. The Balaban J connectivity index is 2.65. The van der Waals surface area contributed by atoms with Gasteiger partial charge >= 0.3 is 0 Å². The van der Waals surface area contributed by atoms with Gasteiger partial charge < -0.3 is 4.98 Å².